The number of hydrogen-bond acceptors (Lipinski definition) is 2. The highest BCUT2D eigenvalue weighted by atomic mass is 16.3. The van der Waals surface area contributed by atoms with Crippen LogP contribution in [0.2, 0.25) is 0 Å². The molecular formula is C13H22O2. The third kappa shape index (κ3) is 1.24. The topological polar surface area (TPSA) is 40.5 Å². The van der Waals surface area contributed by atoms with E-state index < -0.39 is 0 Å². The van der Waals surface area contributed by atoms with Crippen LogP contribution in [0, 0.1) is 35.5 Å². The summed E-state index contributed by atoms with van der Waals surface area (Å²) in [4.78, 5) is 0. The van der Waals surface area contributed by atoms with E-state index in [0.29, 0.717) is 36.2 Å². The fourth-order valence-electron chi connectivity index (χ4n) is 4.98. The smallest absolute Gasteiger partial charge is 0.0602 e. The molecule has 4 rings (SSSR count). The summed E-state index contributed by atoms with van der Waals surface area (Å²) in [6.45, 7) is 2.52. The van der Waals surface area contributed by atoms with E-state index >= 15 is 0 Å². The highest BCUT2D eigenvalue weighted by molar-refractivity contribution is 5.05. The Labute approximate surface area is 91.7 Å². The van der Waals surface area contributed by atoms with Crippen molar-refractivity contribution in [3.05, 3.63) is 0 Å². The molecule has 4 saturated carbocycles. The van der Waals surface area contributed by atoms with E-state index in [-0.39, 0.29) is 6.10 Å². The van der Waals surface area contributed by atoms with E-state index in [9.17, 15) is 10.2 Å². The molecule has 7 atom stereocenters. The molecule has 0 spiro atoms. The summed E-state index contributed by atoms with van der Waals surface area (Å²) < 4.78 is 0. The van der Waals surface area contributed by atoms with E-state index in [4.69, 9.17) is 0 Å². The molecule has 0 aliphatic heterocycles. The van der Waals surface area contributed by atoms with Gasteiger partial charge >= 0.3 is 0 Å². The van der Waals surface area contributed by atoms with Gasteiger partial charge in [-0.25, -0.2) is 0 Å². The molecule has 4 aliphatic carbocycles. The van der Waals surface area contributed by atoms with Crippen LogP contribution in [0.5, 0.6) is 0 Å². The number of aliphatic hydroxyl groups is 2. The van der Waals surface area contributed by atoms with Crippen LogP contribution in [-0.2, 0) is 0 Å². The monoisotopic (exact) mass is 210 g/mol. The van der Waals surface area contributed by atoms with Gasteiger partial charge in [0, 0.05) is 6.61 Å². The van der Waals surface area contributed by atoms with Crippen LogP contribution in [-0.4, -0.2) is 22.9 Å². The zero-order valence-corrected chi connectivity index (χ0v) is 9.47. The average Bonchev–Trinajstić information content (AvgIpc) is 2.24. The van der Waals surface area contributed by atoms with E-state index in [2.05, 4.69) is 6.92 Å². The molecule has 0 aromatic carbocycles. The fourth-order valence-corrected chi connectivity index (χ4v) is 4.98. The molecule has 4 fully saturated rings. The lowest BCUT2D eigenvalue weighted by atomic mass is 9.47. The summed E-state index contributed by atoms with van der Waals surface area (Å²) in [7, 11) is 0. The average molecular weight is 210 g/mol. The Morgan fingerprint density at radius 2 is 2.00 bits per heavy atom. The molecule has 0 saturated heterocycles. The number of hydrogen-bond donors (Lipinski definition) is 2. The molecule has 1 unspecified atom stereocenters. The minimum Gasteiger partial charge on any atom is -0.396 e. The van der Waals surface area contributed by atoms with Crippen LogP contribution in [0.25, 0.3) is 0 Å². The van der Waals surface area contributed by atoms with Gasteiger partial charge in [-0.15, -0.1) is 0 Å². The first-order chi connectivity index (χ1) is 7.24. The Bertz CT molecular complexity index is 249. The van der Waals surface area contributed by atoms with E-state index in [0.717, 1.165) is 5.92 Å². The minimum absolute atomic E-state index is 0.0816. The second-order valence-electron chi connectivity index (χ2n) is 6.03. The van der Waals surface area contributed by atoms with Crippen LogP contribution in [0.1, 0.15) is 32.6 Å². The molecule has 0 heterocycles. The van der Waals surface area contributed by atoms with Gasteiger partial charge in [-0.2, -0.15) is 0 Å². The zero-order chi connectivity index (χ0) is 10.6. The third-order valence-electron chi connectivity index (χ3n) is 5.65. The van der Waals surface area contributed by atoms with Gasteiger partial charge in [0.25, 0.3) is 0 Å². The van der Waals surface area contributed by atoms with Crippen molar-refractivity contribution in [2.45, 2.75) is 38.7 Å². The summed E-state index contributed by atoms with van der Waals surface area (Å²) in [6, 6.07) is 0. The summed E-state index contributed by atoms with van der Waals surface area (Å²) in [6.07, 6.45) is 5.06. The summed E-state index contributed by atoms with van der Waals surface area (Å²) in [5.74, 6) is 3.39. The van der Waals surface area contributed by atoms with Crippen molar-refractivity contribution in [2.24, 2.45) is 35.5 Å². The maximum absolute atomic E-state index is 10.3. The molecule has 4 aliphatic rings. The summed E-state index contributed by atoms with van der Waals surface area (Å²) in [5.41, 5.74) is 0. The van der Waals surface area contributed by atoms with Crippen molar-refractivity contribution in [2.75, 3.05) is 6.61 Å². The second-order valence-corrected chi connectivity index (χ2v) is 6.03. The molecule has 2 N–H and O–H groups in total. The lowest BCUT2D eigenvalue weighted by Gasteiger charge is -2.60. The Morgan fingerprint density at radius 3 is 2.73 bits per heavy atom. The van der Waals surface area contributed by atoms with E-state index in [1.165, 1.54) is 25.7 Å². The fraction of sp³-hybridized carbons (Fsp3) is 1.00. The third-order valence-corrected chi connectivity index (χ3v) is 5.65. The lowest BCUT2D eigenvalue weighted by molar-refractivity contribution is -0.173. The first-order valence-electron chi connectivity index (χ1n) is 6.53. The predicted octanol–water partition coefficient (Wildman–Crippen LogP) is 1.66. The largest absolute Gasteiger partial charge is 0.396 e. The Balaban J connectivity index is 1.94. The van der Waals surface area contributed by atoms with E-state index in [1.54, 1.807) is 0 Å². The molecule has 2 heteroatoms. The van der Waals surface area contributed by atoms with Crippen molar-refractivity contribution in [3.63, 3.8) is 0 Å². The van der Waals surface area contributed by atoms with Gasteiger partial charge in [-0.3, -0.25) is 0 Å². The van der Waals surface area contributed by atoms with Crippen molar-refractivity contribution in [1.82, 2.24) is 0 Å². The van der Waals surface area contributed by atoms with E-state index in [1.807, 2.05) is 0 Å². The summed E-state index contributed by atoms with van der Waals surface area (Å²) >= 11 is 0. The quantitative estimate of drug-likeness (QED) is 0.691. The van der Waals surface area contributed by atoms with Gasteiger partial charge in [0.2, 0.25) is 0 Å². The van der Waals surface area contributed by atoms with Crippen molar-refractivity contribution < 1.29 is 10.2 Å². The molecule has 0 amide bonds. The second kappa shape index (κ2) is 3.46. The molecule has 0 aromatic heterocycles. The minimum atomic E-state index is -0.0816. The van der Waals surface area contributed by atoms with Crippen LogP contribution in [0.15, 0.2) is 0 Å². The van der Waals surface area contributed by atoms with Crippen molar-refractivity contribution in [3.8, 4) is 0 Å². The van der Waals surface area contributed by atoms with Gasteiger partial charge in [-0.1, -0.05) is 19.8 Å². The first kappa shape index (κ1) is 10.1. The van der Waals surface area contributed by atoms with Crippen LogP contribution < -0.4 is 0 Å². The highest BCUT2D eigenvalue weighted by Crippen LogP contribution is 2.58. The van der Waals surface area contributed by atoms with Crippen LogP contribution in [0.4, 0.5) is 0 Å². The van der Waals surface area contributed by atoms with Crippen molar-refractivity contribution in [1.29, 1.82) is 0 Å². The van der Waals surface area contributed by atoms with Crippen molar-refractivity contribution >= 4 is 0 Å². The van der Waals surface area contributed by atoms with Gasteiger partial charge in [0.15, 0.2) is 0 Å². The van der Waals surface area contributed by atoms with Gasteiger partial charge in [0.05, 0.1) is 6.10 Å². The Hall–Kier alpha value is -0.0800. The Morgan fingerprint density at radius 1 is 1.20 bits per heavy atom. The maximum Gasteiger partial charge on any atom is 0.0602 e. The molecule has 15 heavy (non-hydrogen) atoms. The number of fused-ring (bicyclic) bond motifs is 1. The van der Waals surface area contributed by atoms with Gasteiger partial charge in [0.1, 0.15) is 0 Å². The Kier molecular flexibility index (Phi) is 2.33. The molecule has 86 valence electrons. The van der Waals surface area contributed by atoms with Gasteiger partial charge in [-0.05, 0) is 48.3 Å². The summed E-state index contributed by atoms with van der Waals surface area (Å²) in [5, 5.41) is 19.9. The molecular weight excluding hydrogens is 188 g/mol. The highest BCUT2D eigenvalue weighted by Gasteiger charge is 2.56. The lowest BCUT2D eigenvalue weighted by Crippen LogP contribution is -2.59. The predicted molar refractivity (Wildman–Crippen MR) is 58.2 cm³/mol. The molecule has 4 bridgehead atoms. The normalized spacial score (nSPS) is 58.2. The number of aliphatic hydroxyl groups excluding tert-OH is 2. The standard InChI is InChI=1S/C13H22O2/c1-7-10-5-8-3-2-4-9(11(10)6-14)12(8)13(7)15/h7-15H,2-6H2,1H3/t7-,8-,9+,10+,11+,12+,13?/m0/s1. The first-order valence-corrected chi connectivity index (χ1v) is 6.53. The number of rotatable bonds is 1. The van der Waals surface area contributed by atoms with Crippen LogP contribution in [0.3, 0.4) is 0 Å². The molecule has 2 nitrogen and oxygen atoms in total. The molecule has 0 radical (unpaired) electrons. The van der Waals surface area contributed by atoms with Gasteiger partial charge < -0.3 is 10.2 Å². The maximum atomic E-state index is 10.3. The SMILES string of the molecule is C[C@@H]1C(O)[C@@H]2[C@H]3CCC[C@@H]2[C@@H](CO)[C@@H]1C3. The van der Waals surface area contributed by atoms with Crippen LogP contribution >= 0.6 is 0 Å². The molecule has 0 aromatic rings. The zero-order valence-electron chi connectivity index (χ0n) is 9.47.